The van der Waals surface area contributed by atoms with E-state index >= 15 is 0 Å². The zero-order valence-electron chi connectivity index (χ0n) is 7.15. The van der Waals surface area contributed by atoms with Gasteiger partial charge < -0.3 is 0 Å². The monoisotopic (exact) mass is 182 g/mol. The van der Waals surface area contributed by atoms with E-state index in [1.807, 2.05) is 6.92 Å². The fourth-order valence-electron chi connectivity index (χ4n) is 0.821. The minimum absolute atomic E-state index is 0.383. The number of carbonyl (C=O) groups excluding carboxylic acids is 2. The fraction of sp³-hybridized carbons (Fsp3) is 0.286. The van der Waals surface area contributed by atoms with E-state index in [1.165, 1.54) is 6.20 Å². The molecule has 0 radical (unpaired) electrons. The molecular formula is C7H10N4O2. The third-order valence-corrected chi connectivity index (χ3v) is 1.46. The summed E-state index contributed by atoms with van der Waals surface area (Å²) < 4.78 is 1.62. The summed E-state index contributed by atoms with van der Waals surface area (Å²) in [6.45, 7) is 2.62. The van der Waals surface area contributed by atoms with Crippen molar-refractivity contribution in [3.63, 3.8) is 0 Å². The largest absolute Gasteiger partial charge is 0.277 e. The van der Waals surface area contributed by atoms with Gasteiger partial charge in [-0.25, -0.2) is 0 Å². The van der Waals surface area contributed by atoms with Gasteiger partial charge in [0.1, 0.15) is 0 Å². The molecule has 0 bridgehead atoms. The molecule has 2 amide bonds. The SMILES string of the molecule is CCn1cc(C(=O)NNC=O)cn1. The van der Waals surface area contributed by atoms with Gasteiger partial charge in [-0.05, 0) is 6.92 Å². The molecule has 2 N–H and O–H groups in total. The Kier molecular flexibility index (Phi) is 3.02. The summed E-state index contributed by atoms with van der Waals surface area (Å²) in [6.07, 6.45) is 3.43. The normalized spacial score (nSPS) is 9.31. The molecule has 0 aliphatic rings. The van der Waals surface area contributed by atoms with Crippen LogP contribution in [-0.4, -0.2) is 22.1 Å². The van der Waals surface area contributed by atoms with Crippen LogP contribution >= 0.6 is 0 Å². The minimum atomic E-state index is -0.383. The van der Waals surface area contributed by atoms with E-state index in [2.05, 4.69) is 16.0 Å². The van der Waals surface area contributed by atoms with Gasteiger partial charge in [-0.2, -0.15) is 5.10 Å². The van der Waals surface area contributed by atoms with Gasteiger partial charge in [0.15, 0.2) is 0 Å². The summed E-state index contributed by atoms with van der Waals surface area (Å²) >= 11 is 0. The highest BCUT2D eigenvalue weighted by atomic mass is 16.2. The van der Waals surface area contributed by atoms with Crippen LogP contribution in [0.5, 0.6) is 0 Å². The molecule has 0 unspecified atom stereocenters. The number of hydrogen-bond donors (Lipinski definition) is 2. The summed E-state index contributed by atoms with van der Waals surface area (Å²) in [4.78, 5) is 21.0. The van der Waals surface area contributed by atoms with Crippen LogP contribution in [0.2, 0.25) is 0 Å². The number of hydrogen-bond acceptors (Lipinski definition) is 3. The summed E-state index contributed by atoms with van der Waals surface area (Å²) in [6, 6.07) is 0. The summed E-state index contributed by atoms with van der Waals surface area (Å²) in [7, 11) is 0. The van der Waals surface area contributed by atoms with E-state index in [0.29, 0.717) is 18.5 Å². The Labute approximate surface area is 74.9 Å². The Morgan fingerprint density at radius 1 is 1.77 bits per heavy atom. The van der Waals surface area contributed by atoms with E-state index in [1.54, 1.807) is 10.9 Å². The minimum Gasteiger partial charge on any atom is -0.277 e. The molecule has 0 aromatic carbocycles. The molecule has 1 aromatic rings. The molecule has 13 heavy (non-hydrogen) atoms. The summed E-state index contributed by atoms with van der Waals surface area (Å²) in [5.74, 6) is -0.383. The van der Waals surface area contributed by atoms with E-state index < -0.39 is 0 Å². The van der Waals surface area contributed by atoms with Gasteiger partial charge in [-0.1, -0.05) is 0 Å². The van der Waals surface area contributed by atoms with Crippen molar-refractivity contribution in [2.24, 2.45) is 0 Å². The summed E-state index contributed by atoms with van der Waals surface area (Å²) in [5, 5.41) is 3.90. The lowest BCUT2D eigenvalue weighted by Gasteiger charge is -1.98. The predicted molar refractivity (Wildman–Crippen MR) is 44.6 cm³/mol. The molecule has 0 fully saturated rings. The highest BCUT2D eigenvalue weighted by molar-refractivity contribution is 5.93. The van der Waals surface area contributed by atoms with Gasteiger partial charge in [0.25, 0.3) is 5.91 Å². The number of aromatic nitrogens is 2. The Morgan fingerprint density at radius 3 is 3.08 bits per heavy atom. The highest BCUT2D eigenvalue weighted by Gasteiger charge is 2.06. The average molecular weight is 182 g/mol. The first-order valence-electron chi connectivity index (χ1n) is 3.80. The lowest BCUT2D eigenvalue weighted by Crippen LogP contribution is -2.35. The Balaban J connectivity index is 2.60. The molecule has 1 rings (SSSR count). The number of carbonyl (C=O) groups is 2. The van der Waals surface area contributed by atoms with Gasteiger partial charge in [-0.3, -0.25) is 25.1 Å². The molecule has 0 spiro atoms. The number of rotatable bonds is 4. The molecule has 0 saturated heterocycles. The van der Waals surface area contributed by atoms with Crippen molar-refractivity contribution in [1.82, 2.24) is 20.6 Å². The number of hydrazine groups is 1. The molecule has 1 heterocycles. The maximum atomic E-state index is 11.1. The van der Waals surface area contributed by atoms with Crippen LogP contribution in [0.25, 0.3) is 0 Å². The maximum Gasteiger partial charge on any atom is 0.272 e. The first kappa shape index (κ1) is 9.24. The molecule has 6 nitrogen and oxygen atoms in total. The van der Waals surface area contributed by atoms with E-state index in [9.17, 15) is 9.59 Å². The standard InChI is InChI=1S/C7H10N4O2/c1-2-11-4-6(3-9-11)7(13)10-8-5-12/h3-5H,2H2,1H3,(H,8,12)(H,10,13). The Morgan fingerprint density at radius 2 is 2.54 bits per heavy atom. The van der Waals surface area contributed by atoms with Gasteiger partial charge in [0.05, 0.1) is 11.8 Å². The predicted octanol–water partition coefficient (Wildman–Crippen LogP) is -0.706. The first-order valence-corrected chi connectivity index (χ1v) is 3.80. The quantitative estimate of drug-likeness (QED) is 0.477. The van der Waals surface area contributed by atoms with E-state index in [-0.39, 0.29) is 5.91 Å². The van der Waals surface area contributed by atoms with Gasteiger partial charge in [-0.15, -0.1) is 0 Å². The molecule has 0 atom stereocenters. The van der Waals surface area contributed by atoms with Crippen LogP contribution in [0.15, 0.2) is 12.4 Å². The van der Waals surface area contributed by atoms with E-state index in [4.69, 9.17) is 0 Å². The van der Waals surface area contributed by atoms with Crippen molar-refractivity contribution in [3.05, 3.63) is 18.0 Å². The maximum absolute atomic E-state index is 11.1. The fourth-order valence-corrected chi connectivity index (χ4v) is 0.821. The van der Waals surface area contributed by atoms with Crippen molar-refractivity contribution >= 4 is 12.3 Å². The molecule has 70 valence electrons. The van der Waals surface area contributed by atoms with Crippen LogP contribution in [0.3, 0.4) is 0 Å². The second kappa shape index (κ2) is 4.24. The summed E-state index contributed by atoms with van der Waals surface area (Å²) in [5.41, 5.74) is 4.65. The van der Waals surface area contributed by atoms with Crippen molar-refractivity contribution in [2.75, 3.05) is 0 Å². The number of nitrogens with zero attached hydrogens (tertiary/aromatic N) is 2. The zero-order valence-corrected chi connectivity index (χ0v) is 7.15. The molecule has 0 aliphatic heterocycles. The van der Waals surface area contributed by atoms with Crippen molar-refractivity contribution < 1.29 is 9.59 Å². The van der Waals surface area contributed by atoms with Crippen LogP contribution in [0, 0.1) is 0 Å². The molecular weight excluding hydrogens is 172 g/mol. The van der Waals surface area contributed by atoms with Crippen molar-refractivity contribution in [2.45, 2.75) is 13.5 Å². The number of aryl methyl sites for hydroxylation is 1. The van der Waals surface area contributed by atoms with Crippen molar-refractivity contribution in [1.29, 1.82) is 0 Å². The molecule has 0 aliphatic carbocycles. The smallest absolute Gasteiger partial charge is 0.272 e. The van der Waals surface area contributed by atoms with Crippen molar-refractivity contribution in [3.8, 4) is 0 Å². The van der Waals surface area contributed by atoms with E-state index in [0.717, 1.165) is 0 Å². The Bertz CT molecular complexity index is 307. The second-order valence-corrected chi connectivity index (χ2v) is 2.30. The molecule has 0 saturated carbocycles. The highest BCUT2D eigenvalue weighted by Crippen LogP contribution is 1.96. The number of nitrogens with one attached hydrogen (secondary N) is 2. The molecule has 6 heteroatoms. The topological polar surface area (TPSA) is 76.0 Å². The Hall–Kier alpha value is -1.85. The number of amides is 2. The molecule has 1 aromatic heterocycles. The van der Waals surface area contributed by atoms with Crippen LogP contribution in [0.1, 0.15) is 17.3 Å². The van der Waals surface area contributed by atoms with Gasteiger partial charge >= 0.3 is 0 Å². The zero-order chi connectivity index (χ0) is 9.68. The van der Waals surface area contributed by atoms with Gasteiger partial charge in [0, 0.05) is 12.7 Å². The van der Waals surface area contributed by atoms with Gasteiger partial charge in [0.2, 0.25) is 6.41 Å². The lowest BCUT2D eigenvalue weighted by molar-refractivity contribution is -0.110. The third-order valence-electron chi connectivity index (χ3n) is 1.46. The average Bonchev–Trinajstić information content (AvgIpc) is 2.62. The third kappa shape index (κ3) is 2.29. The van der Waals surface area contributed by atoms with Crippen LogP contribution in [0.4, 0.5) is 0 Å². The lowest BCUT2D eigenvalue weighted by atomic mass is 10.3. The van der Waals surface area contributed by atoms with Crippen LogP contribution in [-0.2, 0) is 11.3 Å². The second-order valence-electron chi connectivity index (χ2n) is 2.30. The van der Waals surface area contributed by atoms with Crippen LogP contribution < -0.4 is 10.9 Å². The first-order chi connectivity index (χ1) is 6.27.